The van der Waals surface area contributed by atoms with E-state index in [1.807, 2.05) is 26.0 Å². The van der Waals surface area contributed by atoms with E-state index in [2.05, 4.69) is 6.92 Å². The molecule has 0 saturated carbocycles. The van der Waals surface area contributed by atoms with E-state index in [-0.39, 0.29) is 0 Å². The van der Waals surface area contributed by atoms with Crippen LogP contribution in [0, 0.1) is 20.8 Å². The van der Waals surface area contributed by atoms with Crippen LogP contribution in [0.2, 0.25) is 0 Å². The maximum Gasteiger partial charge on any atom is 0.417 e. The van der Waals surface area contributed by atoms with Gasteiger partial charge in [0.25, 0.3) is 0 Å². The SMILES string of the molecule is [CH2]C(O)(CC(C)(C)c1ccc(C)c(C)c1)C(F)(F)F. The van der Waals surface area contributed by atoms with Gasteiger partial charge >= 0.3 is 6.18 Å². The van der Waals surface area contributed by atoms with E-state index >= 15 is 0 Å². The maximum atomic E-state index is 12.7. The lowest BCUT2D eigenvalue weighted by molar-refractivity contribution is -0.247. The van der Waals surface area contributed by atoms with Crippen molar-refractivity contribution in [3.05, 3.63) is 41.8 Å². The van der Waals surface area contributed by atoms with Crippen molar-refractivity contribution < 1.29 is 18.3 Å². The Bertz CT molecular complexity index is 459. The monoisotopic (exact) mass is 273 g/mol. The smallest absolute Gasteiger partial charge is 0.380 e. The Hall–Kier alpha value is -1.03. The lowest BCUT2D eigenvalue weighted by Crippen LogP contribution is -2.46. The first kappa shape index (κ1) is 16.0. The summed E-state index contributed by atoms with van der Waals surface area (Å²) in [6.07, 6.45) is -5.21. The standard InChI is InChI=1S/C15H20F3O/c1-10-6-7-12(8-11(10)2)13(3,4)9-14(5,19)15(16,17)18/h6-8,19H,5,9H2,1-4H3. The van der Waals surface area contributed by atoms with Crippen LogP contribution in [0.1, 0.15) is 37.0 Å². The van der Waals surface area contributed by atoms with Gasteiger partial charge in [-0.2, -0.15) is 13.2 Å². The molecule has 0 bridgehead atoms. The second-order valence-electron chi connectivity index (χ2n) is 5.89. The molecule has 1 rings (SSSR count). The fourth-order valence-corrected chi connectivity index (χ4v) is 2.10. The zero-order valence-corrected chi connectivity index (χ0v) is 11.7. The molecule has 0 saturated heterocycles. The van der Waals surface area contributed by atoms with Crippen molar-refractivity contribution in [3.63, 3.8) is 0 Å². The molecule has 0 fully saturated rings. The molecule has 1 aromatic carbocycles. The van der Waals surface area contributed by atoms with Crippen molar-refractivity contribution in [2.24, 2.45) is 0 Å². The first-order valence-corrected chi connectivity index (χ1v) is 6.09. The topological polar surface area (TPSA) is 20.2 Å². The number of hydrogen-bond donors (Lipinski definition) is 1. The van der Waals surface area contributed by atoms with Gasteiger partial charge in [-0.15, -0.1) is 0 Å². The highest BCUT2D eigenvalue weighted by Gasteiger charge is 2.52. The number of alkyl halides is 3. The Morgan fingerprint density at radius 1 is 1.11 bits per heavy atom. The van der Waals surface area contributed by atoms with Gasteiger partial charge in [-0.25, -0.2) is 0 Å². The van der Waals surface area contributed by atoms with Crippen LogP contribution in [0.4, 0.5) is 13.2 Å². The molecule has 1 unspecified atom stereocenters. The number of aliphatic hydroxyl groups is 1. The number of hydrogen-bond acceptors (Lipinski definition) is 1. The minimum Gasteiger partial charge on any atom is -0.380 e. The predicted octanol–water partition coefficient (Wildman–Crippen LogP) is 4.10. The van der Waals surface area contributed by atoms with Crippen LogP contribution >= 0.6 is 0 Å². The third-order valence-corrected chi connectivity index (χ3v) is 3.55. The van der Waals surface area contributed by atoms with Crippen LogP contribution in [0.3, 0.4) is 0 Å². The van der Waals surface area contributed by atoms with Gasteiger partial charge in [0, 0.05) is 0 Å². The lowest BCUT2D eigenvalue weighted by Gasteiger charge is -2.35. The highest BCUT2D eigenvalue weighted by Crippen LogP contribution is 2.40. The van der Waals surface area contributed by atoms with Gasteiger partial charge in [-0.1, -0.05) is 32.0 Å². The average Bonchev–Trinajstić information content (AvgIpc) is 2.18. The Morgan fingerprint density at radius 3 is 2.05 bits per heavy atom. The zero-order chi connectivity index (χ0) is 15.1. The summed E-state index contributed by atoms with van der Waals surface area (Å²) >= 11 is 0. The van der Waals surface area contributed by atoms with Gasteiger partial charge in [0.15, 0.2) is 5.60 Å². The molecule has 107 valence electrons. The van der Waals surface area contributed by atoms with Gasteiger partial charge in [0.05, 0.1) is 0 Å². The molecular formula is C15H20F3O. The molecule has 1 N–H and O–H groups in total. The van der Waals surface area contributed by atoms with Crippen molar-refractivity contribution in [3.8, 4) is 0 Å². The van der Waals surface area contributed by atoms with Gasteiger partial charge in [0.2, 0.25) is 0 Å². The summed E-state index contributed by atoms with van der Waals surface area (Å²) in [5.41, 5.74) is -0.882. The number of rotatable bonds is 3. The third kappa shape index (κ3) is 3.50. The van der Waals surface area contributed by atoms with Crippen molar-refractivity contribution in [1.82, 2.24) is 0 Å². The van der Waals surface area contributed by atoms with Crippen molar-refractivity contribution in [1.29, 1.82) is 0 Å². The summed E-state index contributed by atoms with van der Waals surface area (Å²) in [6.45, 7) is 10.1. The third-order valence-electron chi connectivity index (χ3n) is 3.55. The molecule has 1 aromatic rings. The van der Waals surface area contributed by atoms with E-state index in [9.17, 15) is 18.3 Å². The van der Waals surface area contributed by atoms with Crippen LogP contribution in [0.15, 0.2) is 18.2 Å². The van der Waals surface area contributed by atoms with Gasteiger partial charge in [0.1, 0.15) is 0 Å². The molecule has 0 aliphatic rings. The Kier molecular flexibility index (Phi) is 4.06. The van der Waals surface area contributed by atoms with E-state index in [1.54, 1.807) is 19.9 Å². The second kappa shape index (κ2) is 4.82. The van der Waals surface area contributed by atoms with Crippen molar-refractivity contribution in [2.75, 3.05) is 0 Å². The van der Waals surface area contributed by atoms with Crippen LogP contribution in [-0.2, 0) is 5.41 Å². The first-order valence-electron chi connectivity index (χ1n) is 6.09. The van der Waals surface area contributed by atoms with Crippen molar-refractivity contribution >= 4 is 0 Å². The number of aryl methyl sites for hydroxylation is 2. The molecule has 1 nitrogen and oxygen atoms in total. The van der Waals surface area contributed by atoms with E-state index in [0.717, 1.165) is 16.7 Å². The van der Waals surface area contributed by atoms with E-state index in [0.29, 0.717) is 0 Å². The van der Waals surface area contributed by atoms with Gasteiger partial charge in [-0.05, 0) is 49.3 Å². The highest BCUT2D eigenvalue weighted by molar-refractivity contribution is 5.34. The molecule has 1 atom stereocenters. The van der Waals surface area contributed by atoms with Gasteiger partial charge in [-0.3, -0.25) is 0 Å². The lowest BCUT2D eigenvalue weighted by atomic mass is 9.75. The molecular weight excluding hydrogens is 253 g/mol. The summed E-state index contributed by atoms with van der Waals surface area (Å²) in [5, 5.41) is 9.54. The molecule has 0 spiro atoms. The minimum atomic E-state index is -4.73. The number of halogens is 3. The fourth-order valence-electron chi connectivity index (χ4n) is 2.10. The minimum absolute atomic E-state index is 0.480. The van der Waals surface area contributed by atoms with E-state index in [4.69, 9.17) is 0 Å². The molecule has 0 heterocycles. The highest BCUT2D eigenvalue weighted by atomic mass is 19.4. The zero-order valence-electron chi connectivity index (χ0n) is 11.7. The fraction of sp³-hybridized carbons (Fsp3) is 0.533. The summed E-state index contributed by atoms with van der Waals surface area (Å²) in [4.78, 5) is 0. The Balaban J connectivity index is 3.07. The largest absolute Gasteiger partial charge is 0.417 e. The Morgan fingerprint density at radius 2 is 1.63 bits per heavy atom. The maximum absolute atomic E-state index is 12.7. The molecule has 0 aliphatic heterocycles. The molecule has 0 aliphatic carbocycles. The molecule has 0 amide bonds. The van der Waals surface area contributed by atoms with Crippen molar-refractivity contribution in [2.45, 2.75) is 51.3 Å². The second-order valence-corrected chi connectivity index (χ2v) is 5.89. The van der Waals surface area contributed by atoms with Crippen LogP contribution in [0.25, 0.3) is 0 Å². The summed E-state index contributed by atoms with van der Waals surface area (Å²) in [5.74, 6) is 0. The molecule has 4 heteroatoms. The quantitative estimate of drug-likeness (QED) is 0.879. The molecule has 1 radical (unpaired) electrons. The molecule has 0 aromatic heterocycles. The molecule has 19 heavy (non-hydrogen) atoms. The van der Waals surface area contributed by atoms with Crippen LogP contribution < -0.4 is 0 Å². The predicted molar refractivity (Wildman–Crippen MR) is 69.9 cm³/mol. The summed E-state index contributed by atoms with van der Waals surface area (Å²) in [6, 6.07) is 5.54. The normalized spacial score (nSPS) is 16.3. The number of benzene rings is 1. The Labute approximate surface area is 112 Å². The first-order chi connectivity index (χ1) is 8.37. The van der Waals surface area contributed by atoms with E-state index in [1.165, 1.54) is 0 Å². The van der Waals surface area contributed by atoms with Crippen LogP contribution in [-0.4, -0.2) is 16.9 Å². The summed E-state index contributed by atoms with van der Waals surface area (Å²) < 4.78 is 38.1. The van der Waals surface area contributed by atoms with Gasteiger partial charge < -0.3 is 5.11 Å². The van der Waals surface area contributed by atoms with Crippen LogP contribution in [0.5, 0.6) is 0 Å². The van der Waals surface area contributed by atoms with E-state index < -0.39 is 23.6 Å². The summed E-state index contributed by atoms with van der Waals surface area (Å²) in [7, 11) is 0. The average molecular weight is 273 g/mol.